The van der Waals surface area contributed by atoms with E-state index in [1.54, 1.807) is 23.1 Å². The molecule has 0 spiro atoms. The van der Waals surface area contributed by atoms with Crippen molar-refractivity contribution in [2.24, 2.45) is 0 Å². The Kier molecular flexibility index (Phi) is 4.15. The molecule has 0 radical (unpaired) electrons. The topological polar surface area (TPSA) is 76.9 Å². The number of hydrogen-bond acceptors (Lipinski definition) is 5. The Morgan fingerprint density at radius 1 is 1.23 bits per heavy atom. The highest BCUT2D eigenvalue weighted by Crippen LogP contribution is 2.27. The van der Waals surface area contributed by atoms with Crippen LogP contribution in [0.2, 0.25) is 0 Å². The molecule has 2 aromatic rings. The van der Waals surface area contributed by atoms with Crippen LogP contribution in [0.3, 0.4) is 0 Å². The molecule has 1 N–H and O–H groups in total. The minimum Gasteiger partial charge on any atom is -0.381 e. The van der Waals surface area contributed by atoms with E-state index in [0.717, 1.165) is 18.5 Å². The van der Waals surface area contributed by atoms with Gasteiger partial charge in [0.25, 0.3) is 0 Å². The van der Waals surface area contributed by atoms with Crippen LogP contribution in [0, 0.1) is 0 Å². The predicted molar refractivity (Wildman–Crippen MR) is 85.0 cm³/mol. The van der Waals surface area contributed by atoms with Crippen molar-refractivity contribution in [1.29, 1.82) is 0 Å². The molecule has 1 fully saturated rings. The van der Waals surface area contributed by atoms with Gasteiger partial charge in [-0.1, -0.05) is 19.3 Å². The quantitative estimate of drug-likeness (QED) is 0.936. The van der Waals surface area contributed by atoms with Crippen LogP contribution in [0.15, 0.2) is 35.7 Å². The summed E-state index contributed by atoms with van der Waals surface area (Å²) >= 11 is 0. The van der Waals surface area contributed by atoms with Gasteiger partial charge < -0.3 is 5.32 Å². The Balaban J connectivity index is 1.98. The number of hydrogen-bond donors (Lipinski definition) is 1. The number of nitrogens with one attached hydrogen (secondary N) is 1. The van der Waals surface area contributed by atoms with Crippen molar-refractivity contribution in [3.63, 3.8) is 0 Å². The third-order valence-corrected chi connectivity index (χ3v) is 5.14. The van der Waals surface area contributed by atoms with E-state index in [2.05, 4.69) is 15.4 Å². The fourth-order valence-corrected chi connectivity index (χ4v) is 3.49. The summed E-state index contributed by atoms with van der Waals surface area (Å²) in [5.74, 6) is 0. The second-order valence-corrected chi connectivity index (χ2v) is 7.79. The Morgan fingerprint density at radius 2 is 2.00 bits per heavy atom. The molecule has 7 heteroatoms. The van der Waals surface area contributed by atoms with Crippen LogP contribution in [0.1, 0.15) is 32.1 Å². The van der Waals surface area contributed by atoms with E-state index in [1.807, 2.05) is 6.07 Å². The third-order valence-electron chi connectivity index (χ3n) is 4.03. The van der Waals surface area contributed by atoms with Crippen molar-refractivity contribution in [2.45, 2.75) is 43.0 Å². The van der Waals surface area contributed by atoms with Crippen LogP contribution in [-0.2, 0) is 9.84 Å². The highest BCUT2D eigenvalue weighted by Gasteiger charge is 2.17. The van der Waals surface area contributed by atoms with E-state index in [9.17, 15) is 8.42 Å². The molecular formula is C15H20N4O2S. The fraction of sp³-hybridized carbons (Fsp3) is 0.467. The fourth-order valence-electron chi connectivity index (χ4n) is 2.85. The van der Waals surface area contributed by atoms with Crippen molar-refractivity contribution in [3.05, 3.63) is 30.9 Å². The van der Waals surface area contributed by atoms with Gasteiger partial charge >= 0.3 is 0 Å². The molecule has 1 aliphatic rings. The first-order chi connectivity index (χ1) is 10.5. The average Bonchev–Trinajstić information content (AvgIpc) is 3.01. The Bertz CT molecular complexity index is 735. The van der Waals surface area contributed by atoms with Gasteiger partial charge in [-0.2, -0.15) is 5.10 Å². The van der Waals surface area contributed by atoms with E-state index >= 15 is 0 Å². The molecule has 118 valence electrons. The van der Waals surface area contributed by atoms with Crippen LogP contribution >= 0.6 is 0 Å². The lowest BCUT2D eigenvalue weighted by Crippen LogP contribution is -2.23. The van der Waals surface area contributed by atoms with E-state index in [4.69, 9.17) is 0 Å². The van der Waals surface area contributed by atoms with Gasteiger partial charge in [-0.3, -0.25) is 0 Å². The maximum atomic E-state index is 11.8. The van der Waals surface area contributed by atoms with E-state index in [0.29, 0.717) is 11.7 Å². The second-order valence-electron chi connectivity index (χ2n) is 5.77. The molecule has 1 aromatic carbocycles. The zero-order valence-electron chi connectivity index (χ0n) is 12.6. The number of rotatable bonds is 4. The Morgan fingerprint density at radius 3 is 2.64 bits per heavy atom. The van der Waals surface area contributed by atoms with Gasteiger partial charge in [0.05, 0.1) is 16.3 Å². The summed E-state index contributed by atoms with van der Waals surface area (Å²) in [6.45, 7) is 0. The molecule has 0 bridgehead atoms. The molecule has 0 amide bonds. The molecule has 0 atom stereocenters. The monoisotopic (exact) mass is 320 g/mol. The van der Waals surface area contributed by atoms with Crippen molar-refractivity contribution in [1.82, 2.24) is 14.8 Å². The van der Waals surface area contributed by atoms with Gasteiger partial charge in [-0.25, -0.2) is 18.1 Å². The summed E-state index contributed by atoms with van der Waals surface area (Å²) in [7, 11) is -3.26. The molecule has 1 saturated carbocycles. The normalized spacial score (nSPS) is 16.6. The number of nitrogens with zero attached hydrogens (tertiary/aromatic N) is 3. The molecule has 0 unspecified atom stereocenters. The van der Waals surface area contributed by atoms with Crippen LogP contribution in [0.5, 0.6) is 0 Å². The van der Waals surface area contributed by atoms with Gasteiger partial charge in [0.1, 0.15) is 12.7 Å². The van der Waals surface area contributed by atoms with Crippen LogP contribution < -0.4 is 5.32 Å². The lowest BCUT2D eigenvalue weighted by atomic mass is 9.95. The van der Waals surface area contributed by atoms with Gasteiger partial charge in [-0.05, 0) is 31.0 Å². The molecule has 1 heterocycles. The smallest absolute Gasteiger partial charge is 0.175 e. The van der Waals surface area contributed by atoms with Gasteiger partial charge in [0.15, 0.2) is 9.84 Å². The summed E-state index contributed by atoms with van der Waals surface area (Å²) in [5, 5.41) is 7.67. The average molecular weight is 320 g/mol. The summed E-state index contributed by atoms with van der Waals surface area (Å²) in [4.78, 5) is 4.24. The maximum absolute atomic E-state index is 11.8. The SMILES string of the molecule is CS(=O)(=O)c1ccc(NC2CCCCC2)c(-n2cncn2)c1. The summed E-state index contributed by atoms with van der Waals surface area (Å²) in [6.07, 6.45) is 10.3. The third kappa shape index (κ3) is 3.30. The number of sulfone groups is 1. The van der Waals surface area contributed by atoms with Crippen LogP contribution in [0.25, 0.3) is 5.69 Å². The molecule has 0 saturated heterocycles. The lowest BCUT2D eigenvalue weighted by Gasteiger charge is -2.25. The summed E-state index contributed by atoms with van der Waals surface area (Å²) in [5.41, 5.74) is 1.61. The molecule has 3 rings (SSSR count). The van der Waals surface area contributed by atoms with Crippen molar-refractivity contribution in [3.8, 4) is 5.69 Å². The highest BCUT2D eigenvalue weighted by atomic mass is 32.2. The Hall–Kier alpha value is -1.89. The molecule has 22 heavy (non-hydrogen) atoms. The second kappa shape index (κ2) is 6.08. The van der Waals surface area contributed by atoms with E-state index in [-0.39, 0.29) is 4.90 Å². The predicted octanol–water partition coefficient (Wildman–Crippen LogP) is 2.42. The highest BCUT2D eigenvalue weighted by molar-refractivity contribution is 7.90. The number of anilines is 1. The molecular weight excluding hydrogens is 300 g/mol. The first-order valence-electron chi connectivity index (χ1n) is 7.50. The van der Waals surface area contributed by atoms with Crippen LogP contribution in [0.4, 0.5) is 5.69 Å². The van der Waals surface area contributed by atoms with Crippen LogP contribution in [-0.4, -0.2) is 35.5 Å². The molecule has 1 aromatic heterocycles. The molecule has 6 nitrogen and oxygen atoms in total. The molecule has 0 aliphatic heterocycles. The van der Waals surface area contributed by atoms with E-state index in [1.165, 1.54) is 31.8 Å². The summed E-state index contributed by atoms with van der Waals surface area (Å²) in [6, 6.07) is 5.54. The minimum atomic E-state index is -3.26. The zero-order valence-corrected chi connectivity index (χ0v) is 13.4. The first kappa shape index (κ1) is 15.0. The standard InChI is InChI=1S/C15H20N4O2S/c1-22(20,21)13-7-8-14(18-12-5-3-2-4-6-12)15(9-13)19-11-16-10-17-19/h7-12,18H,2-6H2,1H3. The number of aromatic nitrogens is 3. The Labute approximate surface area is 130 Å². The number of benzene rings is 1. The van der Waals surface area contributed by atoms with Gasteiger partial charge in [-0.15, -0.1) is 0 Å². The van der Waals surface area contributed by atoms with E-state index < -0.39 is 9.84 Å². The van der Waals surface area contributed by atoms with Gasteiger partial charge in [0.2, 0.25) is 0 Å². The lowest BCUT2D eigenvalue weighted by molar-refractivity contribution is 0.462. The largest absolute Gasteiger partial charge is 0.381 e. The minimum absolute atomic E-state index is 0.284. The molecule has 1 aliphatic carbocycles. The first-order valence-corrected chi connectivity index (χ1v) is 9.39. The zero-order chi connectivity index (χ0) is 15.6. The maximum Gasteiger partial charge on any atom is 0.175 e. The summed E-state index contributed by atoms with van der Waals surface area (Å²) < 4.78 is 25.2. The van der Waals surface area contributed by atoms with Crippen molar-refractivity contribution >= 4 is 15.5 Å². The van der Waals surface area contributed by atoms with Crippen molar-refractivity contribution in [2.75, 3.05) is 11.6 Å². The van der Waals surface area contributed by atoms with Gasteiger partial charge in [0, 0.05) is 12.3 Å². The van der Waals surface area contributed by atoms with Crippen molar-refractivity contribution < 1.29 is 8.42 Å².